The van der Waals surface area contributed by atoms with Crippen molar-refractivity contribution < 1.29 is 34.1 Å². The van der Waals surface area contributed by atoms with Crippen molar-refractivity contribution in [3.8, 4) is 11.5 Å². The summed E-state index contributed by atoms with van der Waals surface area (Å²) in [6.45, 7) is 2.02. The van der Waals surface area contributed by atoms with Crippen molar-refractivity contribution in [2.75, 3.05) is 13.7 Å². The Labute approximate surface area is 208 Å². The number of nitrogens with zero attached hydrogens (tertiary/aromatic N) is 1. The molecule has 0 saturated carbocycles. The van der Waals surface area contributed by atoms with Crippen LogP contribution in [0.2, 0.25) is 0 Å². The predicted octanol–water partition coefficient (Wildman–Crippen LogP) is 4.20. The zero-order valence-electron chi connectivity index (χ0n) is 19.8. The molecule has 1 aliphatic heterocycles. The van der Waals surface area contributed by atoms with Crippen LogP contribution in [0.3, 0.4) is 0 Å². The maximum absolute atomic E-state index is 13.2. The Kier molecular flexibility index (Phi) is 7.05. The van der Waals surface area contributed by atoms with Crippen molar-refractivity contribution >= 4 is 23.4 Å². The summed E-state index contributed by atoms with van der Waals surface area (Å²) in [6.07, 6.45) is 0. The molecule has 184 valence electrons. The van der Waals surface area contributed by atoms with Crippen LogP contribution in [-0.2, 0) is 20.9 Å². The standard InChI is InChI=1S/C28H25NO7/c1-3-36-28(34)19-9-7-17(8-10-19)16-29-24(18-11-13-21(30)14-12-18)23(26(32)27(29)33)25(31)20-5-4-6-22(15-20)35-2/h4-15,24,30-31H,3,16H2,1-2H3/b25-23+. The molecule has 0 aliphatic carbocycles. The fourth-order valence-electron chi connectivity index (χ4n) is 4.13. The second-order valence-electron chi connectivity index (χ2n) is 8.17. The molecule has 0 spiro atoms. The lowest BCUT2D eigenvalue weighted by molar-refractivity contribution is -0.140. The van der Waals surface area contributed by atoms with Crippen LogP contribution >= 0.6 is 0 Å². The molecule has 36 heavy (non-hydrogen) atoms. The molecule has 8 heteroatoms. The number of aromatic hydroxyl groups is 1. The highest BCUT2D eigenvalue weighted by Gasteiger charge is 2.46. The Morgan fingerprint density at radius 2 is 1.67 bits per heavy atom. The summed E-state index contributed by atoms with van der Waals surface area (Å²) in [4.78, 5) is 39.7. The number of carbonyl (C=O) groups excluding carboxylic acids is 3. The molecule has 4 rings (SSSR count). The number of rotatable bonds is 7. The van der Waals surface area contributed by atoms with Crippen molar-refractivity contribution in [3.05, 3.63) is 101 Å². The third-order valence-electron chi connectivity index (χ3n) is 5.91. The van der Waals surface area contributed by atoms with E-state index in [0.717, 1.165) is 0 Å². The summed E-state index contributed by atoms with van der Waals surface area (Å²) in [7, 11) is 1.49. The molecule has 1 unspecified atom stereocenters. The molecule has 1 amide bonds. The third-order valence-corrected chi connectivity index (χ3v) is 5.91. The first-order valence-electron chi connectivity index (χ1n) is 11.3. The van der Waals surface area contributed by atoms with Crippen molar-refractivity contribution in [2.45, 2.75) is 19.5 Å². The first-order chi connectivity index (χ1) is 17.3. The van der Waals surface area contributed by atoms with Crippen LogP contribution in [0.5, 0.6) is 11.5 Å². The predicted molar refractivity (Wildman–Crippen MR) is 131 cm³/mol. The number of hydrogen-bond donors (Lipinski definition) is 2. The average molecular weight is 488 g/mol. The van der Waals surface area contributed by atoms with Crippen LogP contribution in [0.4, 0.5) is 0 Å². The van der Waals surface area contributed by atoms with Gasteiger partial charge in [-0.15, -0.1) is 0 Å². The van der Waals surface area contributed by atoms with Crippen LogP contribution in [-0.4, -0.2) is 46.5 Å². The Bertz CT molecular complexity index is 1330. The number of aliphatic hydroxyl groups is 1. The summed E-state index contributed by atoms with van der Waals surface area (Å²) in [5.41, 5.74) is 1.85. The Morgan fingerprint density at radius 1 is 0.972 bits per heavy atom. The van der Waals surface area contributed by atoms with Gasteiger partial charge in [0.2, 0.25) is 0 Å². The van der Waals surface area contributed by atoms with Crippen molar-refractivity contribution in [2.24, 2.45) is 0 Å². The van der Waals surface area contributed by atoms with Gasteiger partial charge in [-0.05, 0) is 54.4 Å². The topological polar surface area (TPSA) is 113 Å². The van der Waals surface area contributed by atoms with Crippen LogP contribution < -0.4 is 4.74 Å². The normalized spacial score (nSPS) is 16.7. The minimum atomic E-state index is -0.901. The Hall–Kier alpha value is -4.59. The first kappa shape index (κ1) is 24.5. The summed E-state index contributed by atoms with van der Waals surface area (Å²) in [6, 6.07) is 18.3. The quantitative estimate of drug-likeness (QED) is 0.222. The number of hydrogen-bond acceptors (Lipinski definition) is 7. The molecule has 2 N–H and O–H groups in total. The van der Waals surface area contributed by atoms with E-state index in [1.165, 1.54) is 24.1 Å². The van der Waals surface area contributed by atoms with Crippen LogP contribution in [0.25, 0.3) is 5.76 Å². The van der Waals surface area contributed by atoms with E-state index >= 15 is 0 Å². The van der Waals surface area contributed by atoms with Gasteiger partial charge in [-0.3, -0.25) is 9.59 Å². The van der Waals surface area contributed by atoms with E-state index in [0.29, 0.717) is 28.0 Å². The maximum atomic E-state index is 13.2. The number of ketones is 1. The second-order valence-corrected chi connectivity index (χ2v) is 8.17. The van der Waals surface area contributed by atoms with Crippen molar-refractivity contribution in [3.63, 3.8) is 0 Å². The largest absolute Gasteiger partial charge is 0.508 e. The smallest absolute Gasteiger partial charge is 0.338 e. The van der Waals surface area contributed by atoms with Gasteiger partial charge in [0, 0.05) is 12.1 Å². The number of likely N-dealkylation sites (tertiary alicyclic amines) is 1. The lowest BCUT2D eigenvalue weighted by atomic mass is 9.95. The lowest BCUT2D eigenvalue weighted by Gasteiger charge is -2.25. The number of phenols is 1. The molecule has 8 nitrogen and oxygen atoms in total. The molecule has 3 aromatic carbocycles. The van der Waals surface area contributed by atoms with Crippen LogP contribution in [0, 0.1) is 0 Å². The van der Waals surface area contributed by atoms with Gasteiger partial charge >= 0.3 is 5.97 Å². The maximum Gasteiger partial charge on any atom is 0.338 e. The van der Waals surface area contributed by atoms with Gasteiger partial charge in [-0.1, -0.05) is 36.4 Å². The van der Waals surface area contributed by atoms with E-state index in [4.69, 9.17) is 9.47 Å². The fraction of sp³-hybridized carbons (Fsp3) is 0.179. The number of Topliss-reactive ketones (excluding diaryl/α,β-unsaturated/α-hetero) is 1. The molecule has 1 aliphatic rings. The Balaban J connectivity index is 1.77. The van der Waals surface area contributed by atoms with E-state index in [-0.39, 0.29) is 30.2 Å². The second kappa shape index (κ2) is 10.4. The minimum Gasteiger partial charge on any atom is -0.508 e. The van der Waals surface area contributed by atoms with E-state index in [2.05, 4.69) is 0 Å². The highest BCUT2D eigenvalue weighted by Crippen LogP contribution is 2.41. The monoisotopic (exact) mass is 487 g/mol. The molecule has 0 aromatic heterocycles. The molecular weight excluding hydrogens is 462 g/mol. The third kappa shape index (κ3) is 4.79. The average Bonchev–Trinajstić information content (AvgIpc) is 3.14. The van der Waals surface area contributed by atoms with Gasteiger partial charge < -0.3 is 24.6 Å². The van der Waals surface area contributed by atoms with Gasteiger partial charge in [-0.2, -0.15) is 0 Å². The number of carbonyl (C=O) groups is 3. The van der Waals surface area contributed by atoms with Gasteiger partial charge in [0.25, 0.3) is 11.7 Å². The van der Waals surface area contributed by atoms with Gasteiger partial charge in [0.15, 0.2) is 0 Å². The number of phenolic OH excluding ortho intramolecular Hbond substituents is 1. The number of aliphatic hydroxyl groups excluding tert-OH is 1. The molecular formula is C28H25NO7. The lowest BCUT2D eigenvalue weighted by Crippen LogP contribution is -2.29. The minimum absolute atomic E-state index is 0.0260. The highest BCUT2D eigenvalue weighted by atomic mass is 16.5. The molecule has 3 aromatic rings. The zero-order chi connectivity index (χ0) is 25.8. The Morgan fingerprint density at radius 3 is 2.31 bits per heavy atom. The van der Waals surface area contributed by atoms with Gasteiger partial charge in [0.1, 0.15) is 17.3 Å². The first-order valence-corrected chi connectivity index (χ1v) is 11.3. The van der Waals surface area contributed by atoms with Crippen LogP contribution in [0.1, 0.15) is 40.0 Å². The number of amides is 1. The number of esters is 1. The summed E-state index contributed by atoms with van der Waals surface area (Å²) in [5, 5.41) is 20.9. The van der Waals surface area contributed by atoms with Crippen molar-refractivity contribution in [1.29, 1.82) is 0 Å². The molecule has 0 bridgehead atoms. The molecule has 1 fully saturated rings. The van der Waals surface area contributed by atoms with E-state index < -0.39 is 23.7 Å². The zero-order valence-corrected chi connectivity index (χ0v) is 19.8. The van der Waals surface area contributed by atoms with Gasteiger partial charge in [-0.25, -0.2) is 4.79 Å². The summed E-state index contributed by atoms with van der Waals surface area (Å²) >= 11 is 0. The molecule has 1 atom stereocenters. The summed E-state index contributed by atoms with van der Waals surface area (Å²) < 4.78 is 10.2. The highest BCUT2D eigenvalue weighted by molar-refractivity contribution is 6.46. The molecule has 1 heterocycles. The van der Waals surface area contributed by atoms with Crippen molar-refractivity contribution in [1.82, 2.24) is 4.90 Å². The summed E-state index contributed by atoms with van der Waals surface area (Å²) in [5.74, 6) is -1.87. The number of methoxy groups -OCH3 is 1. The van der Waals surface area contributed by atoms with Gasteiger partial charge in [0.05, 0.1) is 30.9 Å². The van der Waals surface area contributed by atoms with Crippen LogP contribution in [0.15, 0.2) is 78.4 Å². The molecule has 0 radical (unpaired) electrons. The molecule has 1 saturated heterocycles. The van der Waals surface area contributed by atoms with E-state index in [9.17, 15) is 24.6 Å². The fourth-order valence-corrected chi connectivity index (χ4v) is 4.13. The number of ether oxygens (including phenoxy) is 2. The van der Waals surface area contributed by atoms with E-state index in [1.807, 2.05) is 0 Å². The SMILES string of the molecule is CCOC(=O)c1ccc(CN2C(=O)C(=O)/C(=C(/O)c3cccc(OC)c3)C2c2ccc(O)cc2)cc1. The number of benzene rings is 3. The van der Waals surface area contributed by atoms with E-state index in [1.54, 1.807) is 67.6 Å².